The fourth-order valence-corrected chi connectivity index (χ4v) is 4.65. The summed E-state index contributed by atoms with van der Waals surface area (Å²) in [6.07, 6.45) is 1.46. The molecule has 3 nitrogen and oxygen atoms in total. The average molecular weight is 285 g/mol. The number of nitrogens with one attached hydrogen (secondary N) is 1. The van der Waals surface area contributed by atoms with E-state index in [-0.39, 0.29) is 29.3 Å². The van der Waals surface area contributed by atoms with E-state index in [1.165, 1.54) is 12.1 Å². The summed E-state index contributed by atoms with van der Waals surface area (Å²) >= 11 is 0. The van der Waals surface area contributed by atoms with Crippen molar-refractivity contribution in [3.8, 4) is 0 Å². The lowest BCUT2D eigenvalue weighted by atomic mass is 9.91. The van der Waals surface area contributed by atoms with Gasteiger partial charge in [-0.2, -0.15) is 0 Å². The Labute approximate surface area is 114 Å². The fraction of sp³-hybridized carbons (Fsp3) is 0.571. The van der Waals surface area contributed by atoms with Gasteiger partial charge < -0.3 is 5.32 Å². The number of hydrogen-bond donors (Lipinski definition) is 1. The molecule has 0 amide bonds. The summed E-state index contributed by atoms with van der Waals surface area (Å²) in [5.41, 5.74) is 1.99. The van der Waals surface area contributed by atoms with Crippen molar-refractivity contribution in [2.75, 3.05) is 18.6 Å². The molecule has 2 unspecified atom stereocenters. The quantitative estimate of drug-likeness (QED) is 0.916. The Balaban J connectivity index is 2.11. The lowest BCUT2D eigenvalue weighted by Gasteiger charge is -2.23. The van der Waals surface area contributed by atoms with Crippen LogP contribution >= 0.6 is 0 Å². The summed E-state index contributed by atoms with van der Waals surface area (Å²) in [6.45, 7) is 1.89. The number of rotatable bonds is 4. The molecule has 0 aromatic heterocycles. The second kappa shape index (κ2) is 5.59. The molecule has 2 atom stereocenters. The van der Waals surface area contributed by atoms with Crippen LogP contribution in [0.25, 0.3) is 0 Å². The van der Waals surface area contributed by atoms with E-state index >= 15 is 0 Å². The minimum absolute atomic E-state index is 0.126. The predicted octanol–water partition coefficient (Wildman–Crippen LogP) is 1.70. The molecule has 106 valence electrons. The molecule has 0 spiro atoms. The van der Waals surface area contributed by atoms with Crippen LogP contribution in [0.2, 0.25) is 0 Å². The molecule has 1 aliphatic heterocycles. The summed E-state index contributed by atoms with van der Waals surface area (Å²) in [5.74, 6) is 0.474. The summed E-state index contributed by atoms with van der Waals surface area (Å²) in [4.78, 5) is 0. The van der Waals surface area contributed by atoms with Crippen LogP contribution in [0.1, 0.15) is 17.5 Å². The molecule has 1 aromatic carbocycles. The molecule has 0 radical (unpaired) electrons. The van der Waals surface area contributed by atoms with Crippen LogP contribution in [0.4, 0.5) is 4.39 Å². The van der Waals surface area contributed by atoms with Crippen molar-refractivity contribution in [1.29, 1.82) is 0 Å². The summed E-state index contributed by atoms with van der Waals surface area (Å²) in [5, 5.41) is 3.21. The first-order chi connectivity index (χ1) is 8.91. The molecule has 2 rings (SSSR count). The topological polar surface area (TPSA) is 46.2 Å². The number of benzene rings is 1. The van der Waals surface area contributed by atoms with Gasteiger partial charge in [-0.05, 0) is 56.0 Å². The number of halogens is 1. The Hall–Kier alpha value is -0.940. The fourth-order valence-electron chi connectivity index (χ4n) is 2.77. The number of hydrogen-bond acceptors (Lipinski definition) is 3. The largest absolute Gasteiger partial charge is 0.316 e. The van der Waals surface area contributed by atoms with Gasteiger partial charge in [-0.15, -0.1) is 0 Å². The van der Waals surface area contributed by atoms with Gasteiger partial charge in [0, 0.05) is 6.04 Å². The average Bonchev–Trinajstić information content (AvgIpc) is 2.69. The zero-order valence-corrected chi connectivity index (χ0v) is 12.1. The van der Waals surface area contributed by atoms with Crippen LogP contribution in [0.15, 0.2) is 18.2 Å². The first kappa shape index (κ1) is 14.5. The van der Waals surface area contributed by atoms with E-state index in [0.29, 0.717) is 6.42 Å². The second-order valence-electron chi connectivity index (χ2n) is 5.33. The third kappa shape index (κ3) is 3.54. The van der Waals surface area contributed by atoms with E-state index in [1.807, 2.05) is 14.0 Å². The third-order valence-corrected chi connectivity index (χ3v) is 5.75. The predicted molar refractivity (Wildman–Crippen MR) is 74.4 cm³/mol. The molecule has 1 heterocycles. The van der Waals surface area contributed by atoms with Crippen LogP contribution in [0.3, 0.4) is 0 Å². The smallest absolute Gasteiger partial charge is 0.150 e. The van der Waals surface area contributed by atoms with Gasteiger partial charge in [-0.3, -0.25) is 0 Å². The Morgan fingerprint density at radius 1 is 1.47 bits per heavy atom. The maximum atomic E-state index is 13.1. The standard InChI is InChI=1S/C14H20FNO2S/c1-10-7-13(15)4-3-11(10)8-14(16-2)12-5-6-19(17,18)9-12/h3-4,7,12,14,16H,5-6,8-9H2,1-2H3. The molecular formula is C14H20FNO2S. The summed E-state index contributed by atoms with van der Waals surface area (Å²) in [7, 11) is -1.00. The van der Waals surface area contributed by atoms with Crippen LogP contribution in [-0.2, 0) is 16.3 Å². The molecule has 1 aromatic rings. The SMILES string of the molecule is CNC(Cc1ccc(F)cc1C)C1CCS(=O)(=O)C1. The van der Waals surface area contributed by atoms with Crippen molar-refractivity contribution in [1.82, 2.24) is 5.32 Å². The molecule has 19 heavy (non-hydrogen) atoms. The van der Waals surface area contributed by atoms with Gasteiger partial charge in [0.1, 0.15) is 5.82 Å². The van der Waals surface area contributed by atoms with E-state index in [2.05, 4.69) is 5.32 Å². The first-order valence-corrected chi connectivity index (χ1v) is 8.36. The highest BCUT2D eigenvalue weighted by atomic mass is 32.2. The number of aryl methyl sites for hydroxylation is 1. The Kier molecular flexibility index (Phi) is 4.26. The van der Waals surface area contributed by atoms with Crippen molar-refractivity contribution in [3.63, 3.8) is 0 Å². The molecule has 5 heteroatoms. The van der Waals surface area contributed by atoms with E-state index in [1.54, 1.807) is 6.07 Å². The maximum Gasteiger partial charge on any atom is 0.150 e. The van der Waals surface area contributed by atoms with Crippen molar-refractivity contribution in [2.45, 2.75) is 25.8 Å². The molecule has 1 fully saturated rings. The first-order valence-electron chi connectivity index (χ1n) is 6.54. The molecule has 0 bridgehead atoms. The normalized spacial score (nSPS) is 23.4. The minimum Gasteiger partial charge on any atom is -0.316 e. The Morgan fingerprint density at radius 2 is 2.21 bits per heavy atom. The van der Waals surface area contributed by atoms with Gasteiger partial charge in [-0.25, -0.2) is 12.8 Å². The number of sulfone groups is 1. The molecule has 1 aliphatic rings. The Bertz CT molecular complexity index is 557. The van der Waals surface area contributed by atoms with Crippen LogP contribution in [-0.4, -0.2) is 33.0 Å². The maximum absolute atomic E-state index is 13.1. The zero-order chi connectivity index (χ0) is 14.0. The molecule has 0 aliphatic carbocycles. The molecule has 1 N–H and O–H groups in total. The van der Waals surface area contributed by atoms with Gasteiger partial charge in [0.15, 0.2) is 9.84 Å². The zero-order valence-electron chi connectivity index (χ0n) is 11.3. The van der Waals surface area contributed by atoms with Gasteiger partial charge in [0.25, 0.3) is 0 Å². The van der Waals surface area contributed by atoms with Crippen LogP contribution in [0.5, 0.6) is 0 Å². The van der Waals surface area contributed by atoms with Gasteiger partial charge >= 0.3 is 0 Å². The van der Waals surface area contributed by atoms with E-state index in [0.717, 1.165) is 17.5 Å². The van der Waals surface area contributed by atoms with E-state index in [9.17, 15) is 12.8 Å². The van der Waals surface area contributed by atoms with Crippen LogP contribution in [0, 0.1) is 18.7 Å². The highest BCUT2D eigenvalue weighted by molar-refractivity contribution is 7.91. The van der Waals surface area contributed by atoms with Crippen molar-refractivity contribution < 1.29 is 12.8 Å². The van der Waals surface area contributed by atoms with Crippen molar-refractivity contribution >= 4 is 9.84 Å². The lowest BCUT2D eigenvalue weighted by molar-refractivity contribution is 0.402. The van der Waals surface area contributed by atoms with Crippen molar-refractivity contribution in [2.24, 2.45) is 5.92 Å². The van der Waals surface area contributed by atoms with Gasteiger partial charge in [-0.1, -0.05) is 6.07 Å². The monoisotopic (exact) mass is 285 g/mol. The summed E-state index contributed by atoms with van der Waals surface area (Å²) in [6, 6.07) is 4.90. The van der Waals surface area contributed by atoms with Crippen LogP contribution < -0.4 is 5.32 Å². The van der Waals surface area contributed by atoms with Gasteiger partial charge in [0.2, 0.25) is 0 Å². The van der Waals surface area contributed by atoms with E-state index < -0.39 is 9.84 Å². The third-order valence-electron chi connectivity index (χ3n) is 3.95. The lowest BCUT2D eigenvalue weighted by Crippen LogP contribution is -2.36. The summed E-state index contributed by atoms with van der Waals surface area (Å²) < 4.78 is 36.2. The number of likely N-dealkylation sites (N-methyl/N-ethyl adjacent to an activating group) is 1. The highest BCUT2D eigenvalue weighted by Gasteiger charge is 2.33. The van der Waals surface area contributed by atoms with Gasteiger partial charge in [0.05, 0.1) is 11.5 Å². The molecule has 0 saturated carbocycles. The minimum atomic E-state index is -2.86. The second-order valence-corrected chi connectivity index (χ2v) is 7.56. The van der Waals surface area contributed by atoms with Crippen molar-refractivity contribution in [3.05, 3.63) is 35.1 Å². The molecular weight excluding hydrogens is 265 g/mol. The van der Waals surface area contributed by atoms with E-state index in [4.69, 9.17) is 0 Å². The highest BCUT2D eigenvalue weighted by Crippen LogP contribution is 2.24. The molecule has 1 saturated heterocycles. The Morgan fingerprint density at radius 3 is 2.74 bits per heavy atom.